The van der Waals surface area contributed by atoms with E-state index in [-0.39, 0.29) is 23.3 Å². The zero-order chi connectivity index (χ0) is 13.3. The minimum Gasteiger partial charge on any atom is -0.494 e. The van der Waals surface area contributed by atoms with Crippen LogP contribution in [0.2, 0.25) is 0 Å². The van der Waals surface area contributed by atoms with Gasteiger partial charge in [0.15, 0.2) is 11.6 Å². The smallest absolute Gasteiger partial charge is 0.267 e. The van der Waals surface area contributed by atoms with Crippen LogP contribution >= 0.6 is 0 Å². The summed E-state index contributed by atoms with van der Waals surface area (Å²) in [6.07, 6.45) is 0.0252. The van der Waals surface area contributed by atoms with Crippen LogP contribution in [0, 0.1) is 18.6 Å². The van der Waals surface area contributed by atoms with Crippen molar-refractivity contribution < 1.29 is 13.5 Å². The largest absolute Gasteiger partial charge is 0.494 e. The summed E-state index contributed by atoms with van der Waals surface area (Å²) in [5.74, 6) is -2.19. The highest BCUT2D eigenvalue weighted by Crippen LogP contribution is 2.23. The summed E-state index contributed by atoms with van der Waals surface area (Å²) in [5, 5.41) is 5.03. The van der Waals surface area contributed by atoms with Gasteiger partial charge in [-0.3, -0.25) is 9.89 Å². The second-order valence-electron chi connectivity index (χ2n) is 3.91. The molecule has 0 spiro atoms. The molecule has 0 atom stereocenters. The lowest BCUT2D eigenvalue weighted by atomic mass is 10.0. The first kappa shape index (κ1) is 12.3. The predicted molar refractivity (Wildman–Crippen MR) is 61.9 cm³/mol. The van der Waals surface area contributed by atoms with Crippen molar-refractivity contribution in [2.45, 2.75) is 13.3 Å². The van der Waals surface area contributed by atoms with Gasteiger partial charge in [0.2, 0.25) is 5.82 Å². The Bertz CT molecular complexity index is 631. The summed E-state index contributed by atoms with van der Waals surface area (Å²) in [6, 6.07) is 2.74. The lowest BCUT2D eigenvalue weighted by Gasteiger charge is -2.06. The van der Waals surface area contributed by atoms with E-state index in [9.17, 15) is 13.6 Å². The van der Waals surface area contributed by atoms with Crippen LogP contribution in [-0.2, 0) is 6.42 Å². The predicted octanol–water partition coefficient (Wildman–Crippen LogP) is 1.89. The first-order valence-corrected chi connectivity index (χ1v) is 5.31. The summed E-state index contributed by atoms with van der Waals surface area (Å²) < 4.78 is 31.9. The molecule has 1 heterocycles. The minimum absolute atomic E-state index is 0.0252. The first-order chi connectivity index (χ1) is 8.54. The topological polar surface area (TPSA) is 57.9 Å². The number of rotatable bonds is 3. The number of methoxy groups -OCH3 is 1. The van der Waals surface area contributed by atoms with Gasteiger partial charge in [0, 0.05) is 17.7 Å². The van der Waals surface area contributed by atoms with Crippen LogP contribution in [0.4, 0.5) is 8.78 Å². The zero-order valence-electron chi connectivity index (χ0n) is 9.93. The van der Waals surface area contributed by atoms with Crippen molar-refractivity contribution in [3.05, 3.63) is 50.9 Å². The van der Waals surface area contributed by atoms with E-state index >= 15 is 0 Å². The van der Waals surface area contributed by atoms with Gasteiger partial charge in [0.25, 0.3) is 5.56 Å². The number of aromatic amines is 2. The van der Waals surface area contributed by atoms with Crippen molar-refractivity contribution in [1.82, 2.24) is 10.2 Å². The fourth-order valence-electron chi connectivity index (χ4n) is 1.74. The monoisotopic (exact) mass is 254 g/mol. The molecule has 1 aromatic heterocycles. The van der Waals surface area contributed by atoms with Crippen molar-refractivity contribution in [1.29, 1.82) is 0 Å². The van der Waals surface area contributed by atoms with Crippen molar-refractivity contribution in [2.24, 2.45) is 0 Å². The van der Waals surface area contributed by atoms with Gasteiger partial charge in [-0.05, 0) is 18.6 Å². The number of benzene rings is 1. The summed E-state index contributed by atoms with van der Waals surface area (Å²) in [7, 11) is 1.26. The lowest BCUT2D eigenvalue weighted by Crippen LogP contribution is -2.08. The fourth-order valence-corrected chi connectivity index (χ4v) is 1.74. The van der Waals surface area contributed by atoms with Gasteiger partial charge in [0.05, 0.1) is 7.11 Å². The van der Waals surface area contributed by atoms with E-state index in [1.165, 1.54) is 19.2 Å². The van der Waals surface area contributed by atoms with Crippen LogP contribution in [0.1, 0.15) is 16.8 Å². The summed E-state index contributed by atoms with van der Waals surface area (Å²) >= 11 is 0. The molecule has 0 bridgehead atoms. The molecule has 4 nitrogen and oxygen atoms in total. The molecule has 0 aliphatic rings. The van der Waals surface area contributed by atoms with Crippen LogP contribution in [0.3, 0.4) is 0 Å². The number of halogens is 2. The second kappa shape index (κ2) is 4.64. The zero-order valence-corrected chi connectivity index (χ0v) is 9.93. The molecule has 2 rings (SSSR count). The highest BCUT2D eigenvalue weighted by molar-refractivity contribution is 5.34. The SMILES string of the molecule is COc1ccc(Cc2c(C)[nH][nH]c2=O)c(F)c1F. The molecule has 2 aromatic rings. The van der Waals surface area contributed by atoms with E-state index < -0.39 is 11.6 Å². The van der Waals surface area contributed by atoms with Crippen LogP contribution in [0.5, 0.6) is 5.75 Å². The van der Waals surface area contributed by atoms with Crippen molar-refractivity contribution in [3.63, 3.8) is 0 Å². The molecule has 0 saturated carbocycles. The molecular weight excluding hydrogens is 242 g/mol. The quantitative estimate of drug-likeness (QED) is 0.878. The fraction of sp³-hybridized carbons (Fsp3) is 0.250. The molecule has 0 aliphatic heterocycles. The van der Waals surface area contributed by atoms with Crippen molar-refractivity contribution in [3.8, 4) is 5.75 Å². The molecule has 1 aromatic carbocycles. The Morgan fingerprint density at radius 2 is 1.94 bits per heavy atom. The normalized spacial score (nSPS) is 10.7. The minimum atomic E-state index is -1.04. The summed E-state index contributed by atoms with van der Waals surface area (Å²) in [5.41, 5.74) is 0.777. The number of ether oxygens (including phenoxy) is 1. The number of aryl methyl sites for hydroxylation is 1. The Morgan fingerprint density at radius 3 is 2.50 bits per heavy atom. The average Bonchev–Trinajstić information content (AvgIpc) is 2.67. The average molecular weight is 254 g/mol. The Hall–Kier alpha value is -2.11. The van der Waals surface area contributed by atoms with Gasteiger partial charge in [-0.15, -0.1) is 0 Å². The number of hydrogen-bond donors (Lipinski definition) is 2. The standard InChI is InChI=1S/C12H12F2N2O2/c1-6-8(12(17)16-15-6)5-7-3-4-9(18-2)11(14)10(7)13/h3-4H,5H2,1-2H3,(H2,15,16,17). The van der Waals surface area contributed by atoms with Crippen LogP contribution in [-0.4, -0.2) is 17.3 Å². The lowest BCUT2D eigenvalue weighted by molar-refractivity contribution is 0.370. The highest BCUT2D eigenvalue weighted by atomic mass is 19.2. The van der Waals surface area contributed by atoms with Crippen molar-refractivity contribution >= 4 is 0 Å². The molecule has 18 heavy (non-hydrogen) atoms. The molecule has 6 heteroatoms. The van der Waals surface area contributed by atoms with Gasteiger partial charge in [-0.25, -0.2) is 4.39 Å². The highest BCUT2D eigenvalue weighted by Gasteiger charge is 2.16. The van der Waals surface area contributed by atoms with E-state index in [1.54, 1.807) is 6.92 Å². The molecule has 0 amide bonds. The third kappa shape index (κ3) is 2.01. The molecule has 0 aliphatic carbocycles. The summed E-state index contributed by atoms with van der Waals surface area (Å²) in [4.78, 5) is 11.4. The van der Waals surface area contributed by atoms with Crippen LogP contribution < -0.4 is 10.3 Å². The molecule has 96 valence electrons. The number of nitrogens with one attached hydrogen (secondary N) is 2. The molecule has 0 saturated heterocycles. The Kier molecular flexibility index (Phi) is 3.18. The molecule has 0 radical (unpaired) electrons. The maximum atomic E-state index is 13.7. The molecule has 2 N–H and O–H groups in total. The van der Waals surface area contributed by atoms with E-state index in [4.69, 9.17) is 0 Å². The maximum Gasteiger partial charge on any atom is 0.267 e. The number of H-pyrrole nitrogens is 2. The van der Waals surface area contributed by atoms with Gasteiger partial charge in [-0.1, -0.05) is 6.07 Å². The van der Waals surface area contributed by atoms with Gasteiger partial charge >= 0.3 is 0 Å². The van der Waals surface area contributed by atoms with Gasteiger partial charge in [0.1, 0.15) is 0 Å². The second-order valence-corrected chi connectivity index (χ2v) is 3.91. The van der Waals surface area contributed by atoms with E-state index in [0.29, 0.717) is 11.3 Å². The van der Waals surface area contributed by atoms with E-state index in [2.05, 4.69) is 14.9 Å². The van der Waals surface area contributed by atoms with Crippen LogP contribution in [0.25, 0.3) is 0 Å². The van der Waals surface area contributed by atoms with E-state index in [0.717, 1.165) is 0 Å². The number of aromatic nitrogens is 2. The van der Waals surface area contributed by atoms with E-state index in [1.807, 2.05) is 0 Å². The first-order valence-electron chi connectivity index (χ1n) is 5.31. The van der Waals surface area contributed by atoms with Gasteiger partial charge < -0.3 is 9.84 Å². The Labute approximate surface area is 102 Å². The van der Waals surface area contributed by atoms with Crippen LogP contribution in [0.15, 0.2) is 16.9 Å². The van der Waals surface area contributed by atoms with Gasteiger partial charge in [-0.2, -0.15) is 4.39 Å². The Balaban J connectivity index is 2.42. The third-order valence-corrected chi connectivity index (χ3v) is 2.80. The summed E-state index contributed by atoms with van der Waals surface area (Å²) in [6.45, 7) is 1.69. The maximum absolute atomic E-state index is 13.7. The number of hydrogen-bond acceptors (Lipinski definition) is 2. The third-order valence-electron chi connectivity index (χ3n) is 2.80. The molecular formula is C12H12F2N2O2. The van der Waals surface area contributed by atoms with Crippen molar-refractivity contribution in [2.75, 3.05) is 7.11 Å². The molecule has 0 fully saturated rings. The molecule has 0 unspecified atom stereocenters. The Morgan fingerprint density at radius 1 is 1.22 bits per heavy atom.